The van der Waals surface area contributed by atoms with Gasteiger partial charge in [-0.3, -0.25) is 19.2 Å². The predicted molar refractivity (Wildman–Crippen MR) is 111 cm³/mol. The number of rotatable bonds is 0. The molecule has 0 aromatic heterocycles. The number of hydrogen-bond donors (Lipinski definition) is 0. The second-order valence-corrected chi connectivity index (χ2v) is 9.19. The van der Waals surface area contributed by atoms with E-state index >= 15 is 0 Å². The Bertz CT molecular complexity index is 1310. The predicted octanol–water partition coefficient (Wildman–Crippen LogP) is 3.67. The summed E-state index contributed by atoms with van der Waals surface area (Å²) in [4.78, 5) is 51.1. The van der Waals surface area contributed by atoms with Gasteiger partial charge in [-0.05, 0) is 61.0 Å². The average Bonchev–Trinajstić information content (AvgIpc) is 2.55. The quantitative estimate of drug-likeness (QED) is 0.287. The first-order chi connectivity index (χ1) is 12.0. The van der Waals surface area contributed by atoms with Gasteiger partial charge < -0.3 is 0 Å². The number of hydrogen-bond acceptors (Lipinski definition) is 4. The molecule has 2 aliphatic carbocycles. The topological polar surface area (TPSA) is 68.3 Å². The standard InChI is InChI=1S/C20H12Br2O4/c1-20(2,3)7-4-8-12-9(5-7)17(24)19(26)14-11(22)6-10(21)13(15(12)14)18(25)16(8)23/h4-6H,1-3H3. The molecule has 130 valence electrons. The molecule has 0 unspecified atom stereocenters. The number of halogens is 2. The minimum atomic E-state index is -0.674. The highest BCUT2D eigenvalue weighted by Gasteiger charge is 2.29. The molecule has 0 heterocycles. The van der Waals surface area contributed by atoms with Gasteiger partial charge in [0.15, 0.2) is 0 Å². The van der Waals surface area contributed by atoms with Gasteiger partial charge in [0, 0.05) is 41.6 Å². The van der Waals surface area contributed by atoms with Crippen LogP contribution in [0.1, 0.15) is 26.3 Å². The van der Waals surface area contributed by atoms with Gasteiger partial charge in [0.05, 0.1) is 0 Å². The van der Waals surface area contributed by atoms with Crippen molar-refractivity contribution in [1.82, 2.24) is 0 Å². The number of benzene rings is 4. The monoisotopic (exact) mass is 474 g/mol. The van der Waals surface area contributed by atoms with Crippen LogP contribution < -0.4 is 21.7 Å². The summed E-state index contributed by atoms with van der Waals surface area (Å²) in [6, 6.07) is 4.87. The third-order valence-electron chi connectivity index (χ3n) is 4.84. The molecule has 0 saturated heterocycles. The molecule has 0 fully saturated rings. The summed E-state index contributed by atoms with van der Waals surface area (Å²) < 4.78 is 0.834. The average molecular weight is 476 g/mol. The minimum Gasteiger partial charge on any atom is -0.285 e. The first-order valence-electron chi connectivity index (χ1n) is 7.93. The van der Waals surface area contributed by atoms with Gasteiger partial charge in [-0.15, -0.1) is 0 Å². The normalized spacial score (nSPS) is 12.7. The van der Waals surface area contributed by atoms with Crippen molar-refractivity contribution in [1.29, 1.82) is 0 Å². The maximum absolute atomic E-state index is 12.8. The lowest BCUT2D eigenvalue weighted by Gasteiger charge is -2.22. The molecule has 26 heavy (non-hydrogen) atoms. The third-order valence-corrected chi connectivity index (χ3v) is 6.09. The van der Waals surface area contributed by atoms with Crippen molar-refractivity contribution >= 4 is 53.4 Å². The van der Waals surface area contributed by atoms with Gasteiger partial charge >= 0.3 is 0 Å². The highest BCUT2D eigenvalue weighted by Crippen LogP contribution is 2.41. The zero-order chi connectivity index (χ0) is 19.1. The molecule has 0 spiro atoms. The van der Waals surface area contributed by atoms with E-state index in [0.29, 0.717) is 20.1 Å². The first kappa shape index (κ1) is 17.5. The van der Waals surface area contributed by atoms with E-state index in [0.717, 1.165) is 5.56 Å². The largest absolute Gasteiger partial charge is 0.285 e. The van der Waals surface area contributed by atoms with E-state index in [1.165, 1.54) is 6.07 Å². The van der Waals surface area contributed by atoms with Gasteiger partial charge in [0.2, 0.25) is 21.7 Å². The highest BCUT2D eigenvalue weighted by molar-refractivity contribution is 9.11. The van der Waals surface area contributed by atoms with Crippen LogP contribution in [-0.2, 0) is 5.41 Å². The van der Waals surface area contributed by atoms with E-state index in [9.17, 15) is 19.2 Å². The molecule has 0 saturated carbocycles. The van der Waals surface area contributed by atoms with Crippen LogP contribution in [0.4, 0.5) is 0 Å². The van der Waals surface area contributed by atoms with Crippen molar-refractivity contribution in [2.75, 3.05) is 0 Å². The summed E-state index contributed by atoms with van der Waals surface area (Å²) in [5.74, 6) is 0. The molecular weight excluding hydrogens is 464 g/mol. The summed E-state index contributed by atoms with van der Waals surface area (Å²) in [6.07, 6.45) is 0. The van der Waals surface area contributed by atoms with Gasteiger partial charge in [-0.2, -0.15) is 0 Å². The van der Waals surface area contributed by atoms with E-state index in [1.54, 1.807) is 12.1 Å². The molecule has 0 amide bonds. The Labute approximate surface area is 164 Å². The molecule has 2 aromatic carbocycles. The van der Waals surface area contributed by atoms with Crippen LogP contribution in [0.15, 0.2) is 46.3 Å². The lowest BCUT2D eigenvalue weighted by atomic mass is 9.80. The lowest BCUT2D eigenvalue weighted by molar-refractivity contribution is 0.591. The Hall–Kier alpha value is -1.92. The fourth-order valence-electron chi connectivity index (χ4n) is 3.49. The van der Waals surface area contributed by atoms with Crippen LogP contribution in [-0.4, -0.2) is 0 Å². The third kappa shape index (κ3) is 2.12. The minimum absolute atomic E-state index is 0.145. The molecule has 0 radical (unpaired) electrons. The van der Waals surface area contributed by atoms with Crippen molar-refractivity contribution in [3.05, 3.63) is 73.6 Å². The molecule has 0 N–H and O–H groups in total. The van der Waals surface area contributed by atoms with Gasteiger partial charge in [0.1, 0.15) is 0 Å². The zero-order valence-electron chi connectivity index (χ0n) is 14.1. The Morgan fingerprint density at radius 1 is 0.654 bits per heavy atom. The summed E-state index contributed by atoms with van der Waals surface area (Å²) in [5, 5.41) is 0.673. The smallest absolute Gasteiger partial charge is 0.235 e. The second-order valence-electron chi connectivity index (χ2n) is 7.48. The fraction of sp³-hybridized carbons (Fsp3) is 0.200. The van der Waals surface area contributed by atoms with Crippen LogP contribution in [0.3, 0.4) is 0 Å². The van der Waals surface area contributed by atoms with E-state index in [-0.39, 0.29) is 27.0 Å². The van der Waals surface area contributed by atoms with Crippen LogP contribution in [0, 0.1) is 0 Å². The molecule has 2 aliphatic rings. The van der Waals surface area contributed by atoms with Crippen molar-refractivity contribution in [3.63, 3.8) is 0 Å². The van der Waals surface area contributed by atoms with Crippen molar-refractivity contribution < 1.29 is 0 Å². The van der Waals surface area contributed by atoms with Crippen LogP contribution in [0.25, 0.3) is 32.7 Å². The SMILES string of the molecule is CC(C)(C)c1cc2c3c(c1)c(=O)c(=O)c1c(Br)cc(Br)c(c1-3)c(=O)c2=O. The molecule has 4 nitrogen and oxygen atoms in total. The molecular formula is C20H12Br2O4. The molecule has 0 atom stereocenters. The molecule has 4 rings (SSSR count). The van der Waals surface area contributed by atoms with Gasteiger partial charge in [0.25, 0.3) is 0 Å². The Balaban J connectivity index is 2.52. The Morgan fingerprint density at radius 2 is 1.08 bits per heavy atom. The zero-order valence-corrected chi connectivity index (χ0v) is 17.3. The second kappa shape index (κ2) is 5.30. The van der Waals surface area contributed by atoms with Crippen molar-refractivity contribution in [2.24, 2.45) is 0 Å². The lowest BCUT2D eigenvalue weighted by Crippen LogP contribution is -2.32. The van der Waals surface area contributed by atoms with Gasteiger partial charge in [-0.1, -0.05) is 20.8 Å². The summed E-state index contributed by atoms with van der Waals surface area (Å²) >= 11 is 6.63. The van der Waals surface area contributed by atoms with Crippen LogP contribution in [0.2, 0.25) is 0 Å². The highest BCUT2D eigenvalue weighted by atomic mass is 79.9. The van der Waals surface area contributed by atoms with Crippen LogP contribution >= 0.6 is 31.9 Å². The van der Waals surface area contributed by atoms with E-state index in [1.807, 2.05) is 20.8 Å². The maximum Gasteiger partial charge on any atom is 0.235 e. The molecule has 6 heteroatoms. The summed E-state index contributed by atoms with van der Waals surface area (Å²) in [5.41, 5.74) is -1.53. The molecule has 0 bridgehead atoms. The van der Waals surface area contributed by atoms with E-state index < -0.39 is 21.7 Å². The molecule has 0 aliphatic heterocycles. The summed E-state index contributed by atoms with van der Waals surface area (Å²) in [7, 11) is 0. The molecule has 2 aromatic rings. The summed E-state index contributed by atoms with van der Waals surface area (Å²) in [6.45, 7) is 5.83. The van der Waals surface area contributed by atoms with Gasteiger partial charge in [-0.25, -0.2) is 0 Å². The van der Waals surface area contributed by atoms with E-state index in [4.69, 9.17) is 0 Å². The van der Waals surface area contributed by atoms with E-state index in [2.05, 4.69) is 31.9 Å². The first-order valence-corrected chi connectivity index (χ1v) is 9.51. The van der Waals surface area contributed by atoms with Crippen LogP contribution in [0.5, 0.6) is 0 Å². The van der Waals surface area contributed by atoms with Crippen molar-refractivity contribution in [3.8, 4) is 11.1 Å². The maximum atomic E-state index is 12.8. The Morgan fingerprint density at radius 3 is 1.46 bits per heavy atom. The Kier molecular flexibility index (Phi) is 3.57. The van der Waals surface area contributed by atoms with Crippen molar-refractivity contribution in [2.45, 2.75) is 26.2 Å². The fourth-order valence-corrected chi connectivity index (χ4v) is 5.01.